The number of rotatable bonds is 4. The van der Waals surface area contributed by atoms with Gasteiger partial charge in [0.1, 0.15) is 0 Å². The van der Waals surface area contributed by atoms with Crippen LogP contribution in [-0.2, 0) is 0 Å². The lowest BCUT2D eigenvalue weighted by atomic mass is 10.2. The van der Waals surface area contributed by atoms with Crippen LogP contribution in [0.4, 0.5) is 0 Å². The highest BCUT2D eigenvalue weighted by molar-refractivity contribution is 6.39. The minimum Gasteiger partial charge on any atom is -0.396 e. The molecule has 0 aliphatic rings. The lowest BCUT2D eigenvalue weighted by Crippen LogP contribution is -2.33. The molecule has 0 aromatic heterocycles. The van der Waals surface area contributed by atoms with Crippen LogP contribution < -0.4 is 5.32 Å². The van der Waals surface area contributed by atoms with Crippen molar-refractivity contribution in [1.29, 1.82) is 0 Å². The van der Waals surface area contributed by atoms with Crippen molar-refractivity contribution < 1.29 is 9.90 Å². The molecule has 1 amide bonds. The van der Waals surface area contributed by atoms with E-state index >= 15 is 0 Å². The first-order chi connectivity index (χ1) is 7.56. The molecule has 0 unspecified atom stereocenters. The molecule has 0 bridgehead atoms. The van der Waals surface area contributed by atoms with Gasteiger partial charge in [-0.2, -0.15) is 0 Å². The normalized spacial score (nSPS) is 12.2. The molecule has 5 heteroatoms. The van der Waals surface area contributed by atoms with Gasteiger partial charge in [0.05, 0.1) is 15.6 Å². The maximum absolute atomic E-state index is 11.8. The zero-order valence-electron chi connectivity index (χ0n) is 8.84. The molecule has 0 spiro atoms. The van der Waals surface area contributed by atoms with Crippen LogP contribution in [0, 0.1) is 0 Å². The van der Waals surface area contributed by atoms with Gasteiger partial charge < -0.3 is 10.4 Å². The van der Waals surface area contributed by atoms with Gasteiger partial charge in [-0.3, -0.25) is 4.79 Å². The predicted molar refractivity (Wildman–Crippen MR) is 65.1 cm³/mol. The zero-order chi connectivity index (χ0) is 12.1. The maximum atomic E-state index is 11.8. The summed E-state index contributed by atoms with van der Waals surface area (Å²) in [6.45, 7) is 1.83. The third-order valence-electron chi connectivity index (χ3n) is 2.13. The summed E-state index contributed by atoms with van der Waals surface area (Å²) in [6, 6.07) is 4.78. The molecule has 0 radical (unpaired) electrons. The summed E-state index contributed by atoms with van der Waals surface area (Å²) >= 11 is 11.8. The Morgan fingerprint density at radius 3 is 2.50 bits per heavy atom. The van der Waals surface area contributed by atoms with Crippen molar-refractivity contribution in [3.05, 3.63) is 33.8 Å². The highest BCUT2D eigenvalue weighted by Gasteiger charge is 2.15. The summed E-state index contributed by atoms with van der Waals surface area (Å²) in [7, 11) is 0. The second-order valence-electron chi connectivity index (χ2n) is 3.48. The van der Waals surface area contributed by atoms with E-state index in [1.807, 2.05) is 0 Å². The molecule has 1 aromatic carbocycles. The third-order valence-corrected chi connectivity index (χ3v) is 2.76. The van der Waals surface area contributed by atoms with Gasteiger partial charge in [0, 0.05) is 12.6 Å². The third kappa shape index (κ3) is 3.37. The summed E-state index contributed by atoms with van der Waals surface area (Å²) < 4.78 is 0. The molecule has 88 valence electrons. The Bertz CT molecular complexity index is 362. The number of aliphatic hydroxyl groups excluding tert-OH is 1. The van der Waals surface area contributed by atoms with E-state index in [1.54, 1.807) is 25.1 Å². The minimum atomic E-state index is -0.323. The van der Waals surface area contributed by atoms with Crippen molar-refractivity contribution in [3.63, 3.8) is 0 Å². The van der Waals surface area contributed by atoms with Gasteiger partial charge >= 0.3 is 0 Å². The molecule has 0 saturated carbocycles. The van der Waals surface area contributed by atoms with Crippen molar-refractivity contribution in [2.45, 2.75) is 19.4 Å². The van der Waals surface area contributed by atoms with Gasteiger partial charge in [-0.25, -0.2) is 0 Å². The number of amides is 1. The van der Waals surface area contributed by atoms with E-state index in [0.29, 0.717) is 16.5 Å². The van der Waals surface area contributed by atoms with Crippen LogP contribution in [0.1, 0.15) is 23.7 Å². The van der Waals surface area contributed by atoms with E-state index in [1.165, 1.54) is 0 Å². The summed E-state index contributed by atoms with van der Waals surface area (Å²) in [5.74, 6) is -0.323. The van der Waals surface area contributed by atoms with E-state index in [2.05, 4.69) is 5.32 Å². The highest BCUT2D eigenvalue weighted by Crippen LogP contribution is 2.24. The number of carbonyl (C=O) groups excluding carboxylic acids is 1. The Kier molecular flexibility index (Phi) is 5.06. The topological polar surface area (TPSA) is 49.3 Å². The fraction of sp³-hybridized carbons (Fsp3) is 0.364. The lowest BCUT2D eigenvalue weighted by molar-refractivity contribution is 0.0934. The Hall–Kier alpha value is -0.770. The molecule has 1 atom stereocenters. The molecular weight excluding hydrogens is 249 g/mol. The fourth-order valence-electron chi connectivity index (χ4n) is 1.28. The number of hydrogen-bond donors (Lipinski definition) is 2. The first kappa shape index (κ1) is 13.3. The van der Waals surface area contributed by atoms with Crippen LogP contribution in [0.25, 0.3) is 0 Å². The van der Waals surface area contributed by atoms with Crippen LogP contribution in [0.5, 0.6) is 0 Å². The number of halogens is 2. The van der Waals surface area contributed by atoms with Crippen molar-refractivity contribution in [3.8, 4) is 0 Å². The highest BCUT2D eigenvalue weighted by atomic mass is 35.5. The number of benzene rings is 1. The maximum Gasteiger partial charge on any atom is 0.254 e. The molecular formula is C11H13Cl2NO2. The Labute approximate surface area is 104 Å². The van der Waals surface area contributed by atoms with Crippen molar-refractivity contribution in [1.82, 2.24) is 5.32 Å². The predicted octanol–water partition coefficient (Wildman–Crippen LogP) is 2.49. The van der Waals surface area contributed by atoms with Crippen LogP contribution >= 0.6 is 23.2 Å². The molecule has 0 saturated heterocycles. The molecule has 0 aliphatic carbocycles. The standard InChI is InChI=1S/C11H13Cl2NO2/c1-7(5-6-15)14-11(16)10-8(12)3-2-4-9(10)13/h2-4,7,15H,5-6H2,1H3,(H,14,16)/t7-/m1/s1. The number of aliphatic hydroxyl groups is 1. The number of nitrogens with one attached hydrogen (secondary N) is 1. The average Bonchev–Trinajstić information content (AvgIpc) is 2.17. The first-order valence-corrected chi connectivity index (χ1v) is 5.67. The van der Waals surface area contributed by atoms with Gasteiger partial charge in [-0.15, -0.1) is 0 Å². The molecule has 2 N–H and O–H groups in total. The zero-order valence-corrected chi connectivity index (χ0v) is 10.3. The van der Waals surface area contributed by atoms with Gasteiger partial charge in [-0.05, 0) is 25.5 Å². The quantitative estimate of drug-likeness (QED) is 0.875. The van der Waals surface area contributed by atoms with Crippen LogP contribution in [0.3, 0.4) is 0 Å². The second-order valence-corrected chi connectivity index (χ2v) is 4.30. The molecule has 0 fully saturated rings. The van der Waals surface area contributed by atoms with E-state index in [0.717, 1.165) is 0 Å². The average molecular weight is 262 g/mol. The molecule has 16 heavy (non-hydrogen) atoms. The van der Waals surface area contributed by atoms with E-state index in [-0.39, 0.29) is 24.1 Å². The molecule has 3 nitrogen and oxygen atoms in total. The van der Waals surface area contributed by atoms with Gasteiger partial charge in [0.2, 0.25) is 0 Å². The molecule has 1 rings (SSSR count). The Balaban J connectivity index is 2.80. The van der Waals surface area contributed by atoms with E-state index < -0.39 is 0 Å². The molecule has 0 heterocycles. The van der Waals surface area contributed by atoms with E-state index in [4.69, 9.17) is 28.3 Å². The van der Waals surface area contributed by atoms with Crippen LogP contribution in [0.2, 0.25) is 10.0 Å². The smallest absolute Gasteiger partial charge is 0.254 e. The van der Waals surface area contributed by atoms with Crippen LogP contribution in [0.15, 0.2) is 18.2 Å². The van der Waals surface area contributed by atoms with Gasteiger partial charge in [0.15, 0.2) is 0 Å². The molecule has 1 aromatic rings. The summed E-state index contributed by atoms with van der Waals surface area (Å²) in [5, 5.41) is 12.1. The van der Waals surface area contributed by atoms with Crippen LogP contribution in [-0.4, -0.2) is 23.7 Å². The second kappa shape index (κ2) is 6.09. The summed E-state index contributed by atoms with van der Waals surface area (Å²) in [5.41, 5.74) is 0.274. The van der Waals surface area contributed by atoms with Gasteiger partial charge in [0.25, 0.3) is 5.91 Å². The summed E-state index contributed by atoms with van der Waals surface area (Å²) in [4.78, 5) is 11.8. The molecule has 0 aliphatic heterocycles. The van der Waals surface area contributed by atoms with Crippen molar-refractivity contribution in [2.75, 3.05) is 6.61 Å². The van der Waals surface area contributed by atoms with Crippen molar-refractivity contribution in [2.24, 2.45) is 0 Å². The number of hydrogen-bond acceptors (Lipinski definition) is 2. The van der Waals surface area contributed by atoms with Crippen molar-refractivity contribution >= 4 is 29.1 Å². The first-order valence-electron chi connectivity index (χ1n) is 4.92. The largest absolute Gasteiger partial charge is 0.396 e. The minimum absolute atomic E-state index is 0.0255. The Morgan fingerprint density at radius 1 is 1.44 bits per heavy atom. The lowest BCUT2D eigenvalue weighted by Gasteiger charge is -2.13. The number of carbonyl (C=O) groups is 1. The summed E-state index contributed by atoms with van der Waals surface area (Å²) in [6.07, 6.45) is 0.494. The monoisotopic (exact) mass is 261 g/mol. The van der Waals surface area contributed by atoms with Gasteiger partial charge in [-0.1, -0.05) is 29.3 Å². The van der Waals surface area contributed by atoms with E-state index in [9.17, 15) is 4.79 Å². The fourth-order valence-corrected chi connectivity index (χ4v) is 1.85. The Morgan fingerprint density at radius 2 is 2.00 bits per heavy atom. The SMILES string of the molecule is C[C@H](CCO)NC(=O)c1c(Cl)cccc1Cl.